The Bertz CT molecular complexity index is 4040. The van der Waals surface area contributed by atoms with Gasteiger partial charge in [-0.2, -0.15) is 0 Å². The standard InChI is InChI=1S/C17H30N2O2.2C16H28N2O2.2C15H26N2O2.C14H24N2O2/c1-8-11-17(7,10-3)16(5,6)18-15(20)14-12(4)13(9-2)21-19-14;1-8-12-11(4)13(18-20-12)14(19)17-15(5,6)16(7,9-2)10-3;1-7-10-16(6,9-3)15(4,5)17-14(19)13-11-12(8-2)20-18-13;1-8-11-10(3)12(17-19-11)13(18)16-15(6,7)14(4,5)9-2;1-7-11-10-12(17-19-11)13(18)16-14(4,5)15(6,8-2)9-3;1-7-10-9-11(16-18-10)12(17)15-14(5,6)13(3,4)8-2/h8-11H2,1-7H3,(H,18,20);8-10H2,1-7H3,(H,17,19);11H,7-10H2,1-6H3,(H,17,19);8-9H2,1-7H3,(H,16,18);10H,7-9H2,1-6H3,(H,16,18);9H,7-8H2,1-6H3,(H,15,17). The van der Waals surface area contributed by atoms with E-state index >= 15 is 0 Å². The van der Waals surface area contributed by atoms with Crippen LogP contribution in [0.25, 0.3) is 0 Å². The summed E-state index contributed by atoms with van der Waals surface area (Å²) in [5.74, 6) is 3.59. The minimum absolute atomic E-state index is 0.00782. The Balaban J connectivity index is 0.000000702. The molecule has 6 heterocycles. The number of aromatic nitrogens is 6. The summed E-state index contributed by atoms with van der Waals surface area (Å²) in [6.45, 7) is 81.4. The van der Waals surface area contributed by atoms with E-state index in [9.17, 15) is 28.8 Å². The molecule has 6 amide bonds. The van der Waals surface area contributed by atoms with Gasteiger partial charge >= 0.3 is 0 Å². The van der Waals surface area contributed by atoms with Gasteiger partial charge in [-0.25, -0.2) is 0 Å². The van der Waals surface area contributed by atoms with Crippen molar-refractivity contribution in [2.45, 2.75) is 419 Å². The first-order valence-corrected chi connectivity index (χ1v) is 43.6. The number of aryl methyl sites for hydroxylation is 6. The van der Waals surface area contributed by atoms with Gasteiger partial charge in [-0.05, 0) is 201 Å². The number of carbonyl (C=O) groups is 6. The summed E-state index contributed by atoms with van der Waals surface area (Å²) >= 11 is 0. The van der Waals surface area contributed by atoms with Crippen molar-refractivity contribution in [1.29, 1.82) is 0 Å². The monoisotopic (exact) mass is 1640 g/mol. The Morgan fingerprint density at radius 1 is 0.265 bits per heavy atom. The highest BCUT2D eigenvalue weighted by atomic mass is 16.5. The molecule has 0 fully saturated rings. The lowest BCUT2D eigenvalue weighted by Gasteiger charge is -2.44. The zero-order chi connectivity index (χ0) is 90.7. The van der Waals surface area contributed by atoms with Crippen molar-refractivity contribution >= 4 is 35.4 Å². The molecule has 117 heavy (non-hydrogen) atoms. The first-order chi connectivity index (χ1) is 53.9. The maximum atomic E-state index is 12.5. The molecule has 6 rings (SSSR count). The fourth-order valence-corrected chi connectivity index (χ4v) is 13.6. The van der Waals surface area contributed by atoms with E-state index in [1.165, 1.54) is 0 Å². The maximum absolute atomic E-state index is 12.5. The fraction of sp³-hybridized carbons (Fsp3) is 0.742. The number of nitrogens with zero attached hydrogens (tertiary/aromatic N) is 6. The van der Waals surface area contributed by atoms with E-state index in [1.54, 1.807) is 18.2 Å². The van der Waals surface area contributed by atoms with E-state index in [1.807, 2.05) is 90.0 Å². The highest BCUT2D eigenvalue weighted by Gasteiger charge is 2.45. The number of hydrogen-bond donors (Lipinski definition) is 6. The van der Waals surface area contributed by atoms with Crippen LogP contribution < -0.4 is 31.9 Å². The van der Waals surface area contributed by atoms with Crippen molar-refractivity contribution in [2.24, 2.45) is 32.5 Å². The van der Waals surface area contributed by atoms with Crippen LogP contribution in [0.15, 0.2) is 45.3 Å². The Labute approximate surface area is 705 Å². The normalized spacial score (nSPS) is 13.4. The van der Waals surface area contributed by atoms with E-state index in [0.717, 1.165) is 167 Å². The molecule has 0 bridgehead atoms. The highest BCUT2D eigenvalue weighted by molar-refractivity contribution is 5.96. The summed E-state index contributed by atoms with van der Waals surface area (Å²) in [5.41, 5.74) is 3.28. The molecule has 0 radical (unpaired) electrons. The molecule has 2 unspecified atom stereocenters. The molecule has 0 saturated heterocycles. The van der Waals surface area contributed by atoms with Crippen LogP contribution in [-0.2, 0) is 38.5 Å². The zero-order valence-electron chi connectivity index (χ0n) is 80.5. The van der Waals surface area contributed by atoms with Gasteiger partial charge in [-0.3, -0.25) is 28.8 Å². The van der Waals surface area contributed by atoms with Gasteiger partial charge in [-0.15, -0.1) is 0 Å². The summed E-state index contributed by atoms with van der Waals surface area (Å²) < 4.78 is 30.8. The maximum Gasteiger partial charge on any atom is 0.274 e. The van der Waals surface area contributed by atoms with E-state index in [0.29, 0.717) is 34.2 Å². The van der Waals surface area contributed by atoms with Gasteiger partial charge in [0, 0.05) is 107 Å². The molecule has 0 aliphatic heterocycles. The van der Waals surface area contributed by atoms with Gasteiger partial charge in [0.1, 0.15) is 34.6 Å². The second-order valence-corrected chi connectivity index (χ2v) is 37.2. The van der Waals surface area contributed by atoms with Gasteiger partial charge in [0.25, 0.3) is 35.4 Å². The Morgan fingerprint density at radius 2 is 0.470 bits per heavy atom. The molecule has 24 heteroatoms. The number of carbonyl (C=O) groups excluding carboxylic acids is 6. The Hall–Kier alpha value is -7.92. The summed E-state index contributed by atoms with van der Waals surface area (Å²) in [6.07, 6.45) is 16.9. The van der Waals surface area contributed by atoms with Gasteiger partial charge in [0.05, 0.1) is 0 Å². The Kier molecular flexibility index (Phi) is 41.1. The molecule has 0 spiro atoms. The quantitative estimate of drug-likeness (QED) is 0.0213. The molecule has 24 nitrogen and oxygen atoms in total. The van der Waals surface area contributed by atoms with Crippen LogP contribution in [0.4, 0.5) is 0 Å². The van der Waals surface area contributed by atoms with Crippen LogP contribution >= 0.6 is 0 Å². The molecule has 0 aromatic carbocycles. The molecular weight excluding hydrogens is 1480 g/mol. The summed E-state index contributed by atoms with van der Waals surface area (Å²) in [6, 6.07) is 5.12. The van der Waals surface area contributed by atoms with Crippen molar-refractivity contribution in [3.8, 4) is 0 Å². The molecule has 0 aliphatic rings. The molecular formula is C93H162N12O12. The van der Waals surface area contributed by atoms with E-state index in [2.05, 4.69) is 243 Å². The lowest BCUT2D eigenvalue weighted by Crippen LogP contribution is -2.54. The van der Waals surface area contributed by atoms with Gasteiger partial charge < -0.3 is 59.0 Å². The smallest absolute Gasteiger partial charge is 0.274 e. The predicted octanol–water partition coefficient (Wildman–Crippen LogP) is 22.4. The first kappa shape index (κ1) is 107. The number of amides is 6. The van der Waals surface area contributed by atoms with Crippen molar-refractivity contribution in [1.82, 2.24) is 62.8 Å². The van der Waals surface area contributed by atoms with Crippen LogP contribution in [0.5, 0.6) is 0 Å². The van der Waals surface area contributed by atoms with Crippen LogP contribution in [0.1, 0.15) is 440 Å². The van der Waals surface area contributed by atoms with Crippen LogP contribution in [0.3, 0.4) is 0 Å². The minimum Gasteiger partial charge on any atom is -0.361 e. The summed E-state index contributed by atoms with van der Waals surface area (Å²) in [7, 11) is 0. The average Bonchev–Trinajstić information content (AvgIpc) is 1.79. The molecule has 6 aromatic heterocycles. The van der Waals surface area contributed by atoms with Crippen LogP contribution in [0, 0.1) is 53.3 Å². The van der Waals surface area contributed by atoms with Crippen LogP contribution in [-0.4, -0.2) is 99.6 Å². The van der Waals surface area contributed by atoms with Crippen molar-refractivity contribution in [3.63, 3.8) is 0 Å². The predicted molar refractivity (Wildman–Crippen MR) is 471 cm³/mol. The molecule has 0 aliphatic carbocycles. The first-order valence-electron chi connectivity index (χ1n) is 43.6. The summed E-state index contributed by atoms with van der Waals surface area (Å²) in [5, 5.41) is 41.8. The molecule has 666 valence electrons. The lowest BCUT2D eigenvalue weighted by molar-refractivity contribution is 0.0715. The third-order valence-electron chi connectivity index (χ3n) is 28.1. The van der Waals surface area contributed by atoms with Crippen molar-refractivity contribution in [3.05, 3.63) is 104 Å². The van der Waals surface area contributed by atoms with Gasteiger partial charge in [-0.1, -0.05) is 210 Å². The molecule has 0 saturated carbocycles. The van der Waals surface area contributed by atoms with Gasteiger partial charge in [0.15, 0.2) is 34.2 Å². The van der Waals surface area contributed by atoms with E-state index < -0.39 is 0 Å². The second kappa shape index (κ2) is 44.9. The SMILES string of the molecule is CCCC(C)(CC)C(C)(C)NC(=O)c1cc(CC)on1.CCCC(C)(CC)C(C)(C)NC(=O)c1noc(CC)c1C.CCc1cc(C(=O)NC(C)(C)C(C)(C)CC)no1.CCc1cc(C(=O)NC(C)(C)C(C)(CC)CC)no1.CCc1onc(C(=O)NC(C)(C)C(C)(C)CC)c1C.CCc1onc(C(=O)NC(C)(C)C(C)(CC)CC)c1C. The number of rotatable bonds is 36. The van der Waals surface area contributed by atoms with Crippen molar-refractivity contribution < 1.29 is 55.9 Å². The average molecular weight is 1640 g/mol. The third kappa shape index (κ3) is 27.6. The Morgan fingerprint density at radius 3 is 0.650 bits per heavy atom. The molecule has 6 aromatic rings. The largest absolute Gasteiger partial charge is 0.361 e. The topological polar surface area (TPSA) is 331 Å². The van der Waals surface area contributed by atoms with Gasteiger partial charge in [0.2, 0.25) is 0 Å². The molecule has 2 atom stereocenters. The number of nitrogens with one attached hydrogen (secondary N) is 6. The van der Waals surface area contributed by atoms with E-state index in [-0.39, 0.29) is 101 Å². The summed E-state index contributed by atoms with van der Waals surface area (Å²) in [4.78, 5) is 74.0. The lowest BCUT2D eigenvalue weighted by atomic mass is 9.68. The fourth-order valence-electron chi connectivity index (χ4n) is 13.6. The number of hydrogen-bond acceptors (Lipinski definition) is 18. The minimum atomic E-state index is -0.309. The molecule has 6 N–H and O–H groups in total. The third-order valence-corrected chi connectivity index (χ3v) is 28.1. The van der Waals surface area contributed by atoms with Crippen LogP contribution in [0.2, 0.25) is 0 Å². The second-order valence-electron chi connectivity index (χ2n) is 37.2. The highest BCUT2D eigenvalue weighted by Crippen LogP contribution is 2.43. The zero-order valence-corrected chi connectivity index (χ0v) is 80.5. The van der Waals surface area contributed by atoms with E-state index in [4.69, 9.17) is 27.1 Å². The van der Waals surface area contributed by atoms with Crippen molar-refractivity contribution in [2.75, 3.05) is 0 Å².